The first-order valence-corrected chi connectivity index (χ1v) is 8.13. The molecule has 0 saturated heterocycles. The maximum absolute atomic E-state index is 12.1. The lowest BCUT2D eigenvalue weighted by atomic mass is 10.1. The van der Waals surface area contributed by atoms with Gasteiger partial charge in [-0.25, -0.2) is 4.79 Å². The molecule has 2 aromatic carbocycles. The van der Waals surface area contributed by atoms with Gasteiger partial charge in [0.1, 0.15) is 11.8 Å². The number of carbonyl (C=O) groups is 2. The average molecular weight is 375 g/mol. The Bertz CT molecular complexity index is 776. The highest BCUT2D eigenvalue weighted by Crippen LogP contribution is 2.15. The fourth-order valence-electron chi connectivity index (χ4n) is 2.34. The summed E-state index contributed by atoms with van der Waals surface area (Å²) >= 11 is 0. The Morgan fingerprint density at radius 2 is 1.74 bits per heavy atom. The lowest BCUT2D eigenvalue weighted by Crippen LogP contribution is -2.42. The summed E-state index contributed by atoms with van der Waals surface area (Å²) in [5.74, 6) is -0.997. The molecule has 142 valence electrons. The normalized spacial score (nSPS) is 12.0. The van der Waals surface area contributed by atoms with Crippen molar-refractivity contribution in [1.29, 1.82) is 0 Å². The van der Waals surface area contributed by atoms with E-state index in [2.05, 4.69) is 10.1 Å². The van der Waals surface area contributed by atoms with E-state index < -0.39 is 24.5 Å². The molecule has 0 fully saturated rings. The molecule has 0 aliphatic heterocycles. The summed E-state index contributed by atoms with van der Waals surface area (Å²) in [7, 11) is 1.26. The van der Waals surface area contributed by atoms with Gasteiger partial charge in [0.15, 0.2) is 0 Å². The van der Waals surface area contributed by atoms with E-state index in [4.69, 9.17) is 4.74 Å². The molecule has 1 N–H and O–H groups in total. The quantitative estimate of drug-likeness (QED) is 0.569. The van der Waals surface area contributed by atoms with Crippen molar-refractivity contribution in [3.8, 4) is 5.75 Å². The highest BCUT2D eigenvalue weighted by Gasteiger charge is 2.20. The third-order valence-corrected chi connectivity index (χ3v) is 3.62. The third kappa shape index (κ3) is 6.89. The van der Waals surface area contributed by atoms with Gasteiger partial charge in [-0.3, -0.25) is 4.79 Å². The van der Waals surface area contributed by atoms with Crippen molar-refractivity contribution in [2.24, 2.45) is 0 Å². The number of benzene rings is 2. The zero-order chi connectivity index (χ0) is 19.6. The Labute approximate surface area is 155 Å². The van der Waals surface area contributed by atoms with E-state index in [0.29, 0.717) is 12.0 Å². The standard InChI is InChI=1S/C20H19F2NO4/c1-26-19(25)17(13-15-5-3-2-4-6-15)23-18(24)12-9-14-7-10-16(11-8-14)27-20(21)22/h2-12,17,20H,13H2,1H3,(H,23,24)/b12-9+. The molecule has 0 radical (unpaired) electrons. The Hall–Kier alpha value is -3.22. The fourth-order valence-corrected chi connectivity index (χ4v) is 2.34. The molecule has 2 rings (SSSR count). The minimum atomic E-state index is -2.89. The van der Waals surface area contributed by atoms with Crippen LogP contribution >= 0.6 is 0 Å². The van der Waals surface area contributed by atoms with Crippen LogP contribution in [0.3, 0.4) is 0 Å². The number of rotatable bonds is 8. The van der Waals surface area contributed by atoms with Gasteiger partial charge in [0.25, 0.3) is 0 Å². The molecule has 1 atom stereocenters. The minimum Gasteiger partial charge on any atom is -0.467 e. The average Bonchev–Trinajstić information content (AvgIpc) is 2.66. The first kappa shape index (κ1) is 20.1. The van der Waals surface area contributed by atoms with Crippen LogP contribution in [0, 0.1) is 0 Å². The van der Waals surface area contributed by atoms with E-state index in [0.717, 1.165) is 5.56 Å². The largest absolute Gasteiger partial charge is 0.467 e. The van der Waals surface area contributed by atoms with Gasteiger partial charge in [-0.05, 0) is 29.3 Å². The molecule has 0 saturated carbocycles. The van der Waals surface area contributed by atoms with Crippen molar-refractivity contribution in [2.75, 3.05) is 7.11 Å². The molecule has 1 unspecified atom stereocenters. The Morgan fingerprint density at radius 3 is 2.33 bits per heavy atom. The minimum absolute atomic E-state index is 0.0280. The summed E-state index contributed by atoms with van der Waals surface area (Å²) in [6.45, 7) is -2.89. The van der Waals surface area contributed by atoms with Crippen molar-refractivity contribution < 1.29 is 27.8 Å². The van der Waals surface area contributed by atoms with Gasteiger partial charge in [-0.2, -0.15) is 8.78 Å². The predicted molar refractivity (Wildman–Crippen MR) is 96.2 cm³/mol. The fraction of sp³-hybridized carbons (Fsp3) is 0.200. The van der Waals surface area contributed by atoms with Crippen LogP contribution in [0.15, 0.2) is 60.7 Å². The second-order valence-corrected chi connectivity index (χ2v) is 5.55. The number of alkyl halides is 2. The zero-order valence-electron chi connectivity index (χ0n) is 14.6. The van der Waals surface area contributed by atoms with E-state index in [9.17, 15) is 18.4 Å². The lowest BCUT2D eigenvalue weighted by molar-refractivity contribution is -0.144. The van der Waals surface area contributed by atoms with Gasteiger partial charge < -0.3 is 14.8 Å². The molecule has 0 heterocycles. The molecule has 0 aliphatic carbocycles. The molecular formula is C20H19F2NO4. The van der Waals surface area contributed by atoms with Gasteiger partial charge in [0, 0.05) is 12.5 Å². The van der Waals surface area contributed by atoms with Crippen LogP contribution in [0.5, 0.6) is 5.75 Å². The molecule has 2 aromatic rings. The number of nitrogens with one attached hydrogen (secondary N) is 1. The van der Waals surface area contributed by atoms with E-state index in [1.54, 1.807) is 0 Å². The number of methoxy groups -OCH3 is 1. The van der Waals surface area contributed by atoms with Crippen molar-refractivity contribution >= 4 is 18.0 Å². The maximum atomic E-state index is 12.1. The second kappa shape index (κ2) is 10.1. The van der Waals surface area contributed by atoms with Crippen molar-refractivity contribution in [1.82, 2.24) is 5.32 Å². The first-order valence-electron chi connectivity index (χ1n) is 8.13. The van der Waals surface area contributed by atoms with Crippen LogP contribution in [0.25, 0.3) is 6.08 Å². The Balaban J connectivity index is 1.98. The van der Waals surface area contributed by atoms with Crippen LogP contribution in [-0.4, -0.2) is 31.6 Å². The first-order chi connectivity index (χ1) is 13.0. The Kier molecular flexibility index (Phi) is 7.49. The van der Waals surface area contributed by atoms with Gasteiger partial charge in [-0.15, -0.1) is 0 Å². The SMILES string of the molecule is COC(=O)C(Cc1ccccc1)NC(=O)/C=C/c1ccc(OC(F)F)cc1. The van der Waals surface area contributed by atoms with E-state index in [1.165, 1.54) is 43.5 Å². The number of carbonyl (C=O) groups excluding carboxylic acids is 2. The summed E-state index contributed by atoms with van der Waals surface area (Å²) < 4.78 is 33.2. The molecule has 5 nitrogen and oxygen atoms in total. The van der Waals surface area contributed by atoms with Gasteiger partial charge in [-0.1, -0.05) is 42.5 Å². The molecule has 0 spiro atoms. The second-order valence-electron chi connectivity index (χ2n) is 5.55. The molecule has 0 aromatic heterocycles. The number of esters is 1. The maximum Gasteiger partial charge on any atom is 0.387 e. The lowest BCUT2D eigenvalue weighted by Gasteiger charge is -2.15. The van der Waals surface area contributed by atoms with Crippen LogP contribution in [-0.2, 0) is 20.7 Å². The molecule has 1 amide bonds. The van der Waals surface area contributed by atoms with Crippen LogP contribution in [0.4, 0.5) is 8.78 Å². The van der Waals surface area contributed by atoms with Crippen LogP contribution in [0.1, 0.15) is 11.1 Å². The summed E-state index contributed by atoms with van der Waals surface area (Å²) in [5, 5.41) is 2.60. The summed E-state index contributed by atoms with van der Waals surface area (Å²) in [5.41, 5.74) is 1.50. The molecule has 7 heteroatoms. The summed E-state index contributed by atoms with van der Waals surface area (Å²) in [6.07, 6.45) is 3.05. The number of ether oxygens (including phenoxy) is 2. The number of hydrogen-bond donors (Lipinski definition) is 1. The van der Waals surface area contributed by atoms with E-state index >= 15 is 0 Å². The predicted octanol–water partition coefficient (Wildman–Crippen LogP) is 3.20. The number of hydrogen-bond acceptors (Lipinski definition) is 4. The van der Waals surface area contributed by atoms with Gasteiger partial charge in [0.2, 0.25) is 5.91 Å². The summed E-state index contributed by atoms with van der Waals surface area (Å²) in [6, 6.07) is 14.2. The van der Waals surface area contributed by atoms with Gasteiger partial charge in [0.05, 0.1) is 7.11 Å². The molecular weight excluding hydrogens is 356 g/mol. The third-order valence-electron chi connectivity index (χ3n) is 3.62. The van der Waals surface area contributed by atoms with Gasteiger partial charge >= 0.3 is 12.6 Å². The van der Waals surface area contributed by atoms with E-state index in [1.807, 2.05) is 30.3 Å². The zero-order valence-corrected chi connectivity index (χ0v) is 14.6. The molecule has 0 aliphatic rings. The van der Waals surface area contributed by atoms with Crippen LogP contribution < -0.4 is 10.1 Å². The molecule has 0 bridgehead atoms. The van der Waals surface area contributed by atoms with Crippen molar-refractivity contribution in [2.45, 2.75) is 19.1 Å². The number of halogens is 2. The van der Waals surface area contributed by atoms with Crippen molar-refractivity contribution in [3.63, 3.8) is 0 Å². The van der Waals surface area contributed by atoms with Crippen LogP contribution in [0.2, 0.25) is 0 Å². The monoisotopic (exact) mass is 375 g/mol. The van der Waals surface area contributed by atoms with Crippen molar-refractivity contribution in [3.05, 3.63) is 71.8 Å². The summed E-state index contributed by atoms with van der Waals surface area (Å²) in [4.78, 5) is 24.0. The Morgan fingerprint density at radius 1 is 1.07 bits per heavy atom. The van der Waals surface area contributed by atoms with E-state index in [-0.39, 0.29) is 5.75 Å². The smallest absolute Gasteiger partial charge is 0.387 e. The molecule has 27 heavy (non-hydrogen) atoms. The highest BCUT2D eigenvalue weighted by atomic mass is 19.3. The highest BCUT2D eigenvalue weighted by molar-refractivity contribution is 5.94. The topological polar surface area (TPSA) is 64.6 Å². The number of amides is 1.